The Hall–Kier alpha value is -4.20. The van der Waals surface area contributed by atoms with Gasteiger partial charge in [0, 0.05) is 44.3 Å². The summed E-state index contributed by atoms with van der Waals surface area (Å²) in [5, 5.41) is 8.98. The minimum atomic E-state index is -0.196. The van der Waals surface area contributed by atoms with Crippen LogP contribution < -0.4 is 15.4 Å². The third kappa shape index (κ3) is 8.41. The van der Waals surface area contributed by atoms with Crippen LogP contribution in [0.3, 0.4) is 0 Å². The average Bonchev–Trinajstić information content (AvgIpc) is 3.03. The summed E-state index contributed by atoms with van der Waals surface area (Å²) in [6.07, 6.45) is 2.20. The van der Waals surface area contributed by atoms with Crippen LogP contribution in [-0.4, -0.2) is 49.6 Å². The summed E-state index contributed by atoms with van der Waals surface area (Å²) in [6, 6.07) is 30.3. The number of hydrogen-bond donors (Lipinski definition) is 2. The summed E-state index contributed by atoms with van der Waals surface area (Å²) in [5.41, 5.74) is 4.09. The molecule has 0 unspecified atom stereocenters. The largest absolute Gasteiger partial charge is 0.497 e. The Balaban J connectivity index is 1.05. The van der Waals surface area contributed by atoms with Crippen molar-refractivity contribution in [1.82, 2.24) is 15.5 Å². The fraction of sp³-hybridized carbons (Fsp3) is 0.314. The normalized spacial score (nSPS) is 14.0. The Labute approximate surface area is 247 Å². The van der Waals surface area contributed by atoms with Gasteiger partial charge in [-0.15, -0.1) is 0 Å². The highest BCUT2D eigenvalue weighted by Crippen LogP contribution is 2.21. The van der Waals surface area contributed by atoms with Crippen LogP contribution in [0.1, 0.15) is 46.3 Å². The monoisotopic (exact) mass is 565 g/mol. The number of fused-ring (bicyclic) bond motifs is 1. The quantitative estimate of drug-likeness (QED) is 0.175. The molecule has 1 aliphatic rings. The number of nitrogens with zero attached hydrogens (tertiary/aromatic N) is 1. The number of piperidine rings is 1. The van der Waals surface area contributed by atoms with E-state index in [2.05, 4.69) is 51.9 Å². The molecule has 4 aromatic rings. The number of methoxy groups -OCH3 is 1. The van der Waals surface area contributed by atoms with Crippen LogP contribution in [0, 0.1) is 0 Å². The highest BCUT2D eigenvalue weighted by molar-refractivity contribution is 5.94. The highest BCUT2D eigenvalue weighted by Gasteiger charge is 2.21. The summed E-state index contributed by atoms with van der Waals surface area (Å²) in [4.78, 5) is 27.2. The van der Waals surface area contributed by atoms with Crippen molar-refractivity contribution >= 4 is 22.6 Å². The molecule has 1 saturated heterocycles. The van der Waals surface area contributed by atoms with Gasteiger partial charge >= 0.3 is 5.97 Å². The van der Waals surface area contributed by atoms with Gasteiger partial charge in [-0.05, 0) is 70.6 Å². The zero-order valence-electron chi connectivity index (χ0n) is 24.2. The molecule has 7 heteroatoms. The first-order valence-electron chi connectivity index (χ1n) is 14.6. The Bertz CT molecular complexity index is 1480. The smallest absolute Gasteiger partial charge is 0.307 e. The first-order valence-corrected chi connectivity index (χ1v) is 14.6. The number of amides is 1. The number of ether oxygens (including phenoxy) is 2. The van der Waals surface area contributed by atoms with Crippen molar-refractivity contribution in [3.8, 4) is 5.75 Å². The third-order valence-corrected chi connectivity index (χ3v) is 7.71. The summed E-state index contributed by atoms with van der Waals surface area (Å²) in [5.74, 6) is 0.445. The SMILES string of the molecule is COc1cccc(C(=O)NC2CCN(Cc3ccc4ccc(CNCCC(=O)OCc5ccccc5)cc4c3)CC2)c1. The maximum Gasteiger partial charge on any atom is 0.307 e. The van der Waals surface area contributed by atoms with Gasteiger partial charge in [-0.3, -0.25) is 14.5 Å². The predicted molar refractivity (Wildman–Crippen MR) is 165 cm³/mol. The van der Waals surface area contributed by atoms with E-state index in [0.717, 1.165) is 38.0 Å². The first kappa shape index (κ1) is 29.3. The van der Waals surface area contributed by atoms with E-state index in [1.807, 2.05) is 48.5 Å². The van der Waals surface area contributed by atoms with Crippen molar-refractivity contribution < 1.29 is 19.1 Å². The number of nitrogens with one attached hydrogen (secondary N) is 2. The Morgan fingerprint density at radius 2 is 1.60 bits per heavy atom. The molecule has 218 valence electrons. The molecule has 5 rings (SSSR count). The minimum absolute atomic E-state index is 0.0461. The van der Waals surface area contributed by atoms with Crippen molar-refractivity contribution in [2.75, 3.05) is 26.7 Å². The van der Waals surface area contributed by atoms with Gasteiger partial charge in [-0.2, -0.15) is 0 Å². The molecule has 0 aromatic heterocycles. The molecule has 2 N–H and O–H groups in total. The molecule has 1 aliphatic heterocycles. The number of carbonyl (C=O) groups excluding carboxylic acids is 2. The zero-order valence-corrected chi connectivity index (χ0v) is 24.2. The molecule has 7 nitrogen and oxygen atoms in total. The second kappa shape index (κ2) is 14.6. The molecule has 0 aliphatic carbocycles. The van der Waals surface area contributed by atoms with Crippen LogP contribution in [0.5, 0.6) is 5.75 Å². The molecular formula is C35H39N3O4. The fourth-order valence-corrected chi connectivity index (χ4v) is 5.31. The standard InChI is InChI=1S/C35H39N3O4/c1-41-33-9-5-8-30(22-33)35(40)37-32-15-18-38(19-16-32)24-28-11-13-29-12-10-27(20-31(29)21-28)23-36-17-14-34(39)42-25-26-6-3-2-4-7-26/h2-13,20-22,32,36H,14-19,23-25H2,1H3,(H,37,40). The van der Waals surface area contributed by atoms with Crippen LogP contribution in [0.4, 0.5) is 0 Å². The minimum Gasteiger partial charge on any atom is -0.497 e. The Morgan fingerprint density at radius 1 is 0.833 bits per heavy atom. The van der Waals surface area contributed by atoms with Crippen molar-refractivity contribution in [2.24, 2.45) is 0 Å². The summed E-state index contributed by atoms with van der Waals surface area (Å²) in [7, 11) is 1.61. The van der Waals surface area contributed by atoms with E-state index in [9.17, 15) is 9.59 Å². The lowest BCUT2D eigenvalue weighted by molar-refractivity contribution is -0.144. The number of esters is 1. The van der Waals surface area contributed by atoms with E-state index in [1.165, 1.54) is 21.9 Å². The second-order valence-electron chi connectivity index (χ2n) is 10.8. The van der Waals surface area contributed by atoms with E-state index < -0.39 is 0 Å². The molecule has 1 amide bonds. The van der Waals surface area contributed by atoms with Crippen LogP contribution in [0.25, 0.3) is 10.8 Å². The van der Waals surface area contributed by atoms with Crippen LogP contribution in [-0.2, 0) is 29.2 Å². The Kier molecular flexibility index (Phi) is 10.2. The molecular weight excluding hydrogens is 526 g/mol. The first-order chi connectivity index (χ1) is 20.6. The third-order valence-electron chi connectivity index (χ3n) is 7.71. The maximum atomic E-state index is 12.7. The van der Waals surface area contributed by atoms with E-state index in [4.69, 9.17) is 9.47 Å². The molecule has 4 aromatic carbocycles. The number of benzene rings is 4. The molecule has 0 saturated carbocycles. The number of likely N-dealkylation sites (tertiary alicyclic amines) is 1. The lowest BCUT2D eigenvalue weighted by Crippen LogP contribution is -2.44. The van der Waals surface area contributed by atoms with Crippen molar-refractivity contribution in [1.29, 1.82) is 0 Å². The number of rotatable bonds is 12. The van der Waals surface area contributed by atoms with E-state index in [1.54, 1.807) is 13.2 Å². The summed E-state index contributed by atoms with van der Waals surface area (Å²) in [6.45, 7) is 4.35. The molecule has 0 atom stereocenters. The van der Waals surface area contributed by atoms with Gasteiger partial charge < -0.3 is 20.1 Å². The van der Waals surface area contributed by atoms with Crippen LogP contribution in [0.15, 0.2) is 91.0 Å². The molecule has 0 radical (unpaired) electrons. The molecule has 42 heavy (non-hydrogen) atoms. The summed E-state index contributed by atoms with van der Waals surface area (Å²) < 4.78 is 10.6. The number of carbonyl (C=O) groups is 2. The highest BCUT2D eigenvalue weighted by atomic mass is 16.5. The van der Waals surface area contributed by atoms with Crippen molar-refractivity contribution in [3.05, 3.63) is 113 Å². The van der Waals surface area contributed by atoms with E-state index >= 15 is 0 Å². The van der Waals surface area contributed by atoms with Crippen LogP contribution >= 0.6 is 0 Å². The van der Waals surface area contributed by atoms with Crippen molar-refractivity contribution in [3.63, 3.8) is 0 Å². The van der Waals surface area contributed by atoms with Gasteiger partial charge in [-0.1, -0.05) is 60.7 Å². The average molecular weight is 566 g/mol. The topological polar surface area (TPSA) is 79.9 Å². The van der Waals surface area contributed by atoms with Gasteiger partial charge in [0.25, 0.3) is 5.91 Å². The zero-order chi connectivity index (χ0) is 29.1. The fourth-order valence-electron chi connectivity index (χ4n) is 5.31. The molecule has 0 spiro atoms. The predicted octanol–water partition coefficient (Wildman–Crippen LogP) is 5.47. The maximum absolute atomic E-state index is 12.7. The summed E-state index contributed by atoms with van der Waals surface area (Å²) >= 11 is 0. The van der Waals surface area contributed by atoms with Crippen LogP contribution in [0.2, 0.25) is 0 Å². The van der Waals surface area contributed by atoms with E-state index in [-0.39, 0.29) is 17.9 Å². The van der Waals surface area contributed by atoms with E-state index in [0.29, 0.717) is 37.4 Å². The van der Waals surface area contributed by atoms with Gasteiger partial charge in [-0.25, -0.2) is 0 Å². The molecule has 1 heterocycles. The lowest BCUT2D eigenvalue weighted by atomic mass is 10.0. The number of hydrogen-bond acceptors (Lipinski definition) is 6. The molecule has 0 bridgehead atoms. The molecule has 1 fully saturated rings. The van der Waals surface area contributed by atoms with Gasteiger partial charge in [0.2, 0.25) is 0 Å². The van der Waals surface area contributed by atoms with Gasteiger partial charge in [0.05, 0.1) is 13.5 Å². The lowest BCUT2D eigenvalue weighted by Gasteiger charge is -2.32. The Morgan fingerprint density at radius 3 is 2.38 bits per heavy atom. The van der Waals surface area contributed by atoms with Gasteiger partial charge in [0.15, 0.2) is 0 Å². The van der Waals surface area contributed by atoms with Crippen molar-refractivity contribution in [2.45, 2.75) is 45.0 Å². The second-order valence-corrected chi connectivity index (χ2v) is 10.8. The van der Waals surface area contributed by atoms with Gasteiger partial charge in [0.1, 0.15) is 12.4 Å².